The van der Waals surface area contributed by atoms with Crippen molar-refractivity contribution in [2.75, 3.05) is 0 Å². The molecule has 0 heterocycles. The smallest absolute Gasteiger partial charge is 1.00 e. The fourth-order valence-corrected chi connectivity index (χ4v) is 0. The minimum absolute atomic E-state index is 0. The third-order valence-corrected chi connectivity index (χ3v) is 0.644. The van der Waals surface area contributed by atoms with Crippen LogP contribution in [0.5, 0.6) is 0 Å². The van der Waals surface area contributed by atoms with Gasteiger partial charge in [0.1, 0.15) is 0 Å². The molecular formula is C4H10BNa. The molecule has 0 N–H and O–H groups in total. The van der Waals surface area contributed by atoms with Crippen LogP contribution in [0.3, 0.4) is 0 Å². The minimum Gasteiger partial charge on any atom is -1.00 e. The molecule has 2 radical (unpaired) electrons. The first kappa shape index (κ1) is 10.1. The molecule has 0 saturated carbocycles. The van der Waals surface area contributed by atoms with E-state index in [-0.39, 0.29) is 31.0 Å². The summed E-state index contributed by atoms with van der Waals surface area (Å²) < 4.78 is 0. The fraction of sp³-hybridized carbons (Fsp3) is 1.00. The Morgan fingerprint density at radius 1 is 1.83 bits per heavy atom. The van der Waals surface area contributed by atoms with E-state index in [1.807, 2.05) is 6.92 Å². The van der Waals surface area contributed by atoms with Crippen molar-refractivity contribution < 1.29 is 31.0 Å². The summed E-state index contributed by atoms with van der Waals surface area (Å²) in [5, 5.41) is 0. The van der Waals surface area contributed by atoms with Crippen LogP contribution in [0.25, 0.3) is 0 Å². The molecule has 1 atom stereocenters. The molecule has 6 heavy (non-hydrogen) atoms. The molecule has 0 saturated heterocycles. The summed E-state index contributed by atoms with van der Waals surface area (Å²) in [7, 11) is 5.29. The van der Waals surface area contributed by atoms with Gasteiger partial charge in [-0.25, -0.2) is 0 Å². The van der Waals surface area contributed by atoms with E-state index >= 15 is 0 Å². The maximum absolute atomic E-state index is 5.29. The van der Waals surface area contributed by atoms with Crippen LogP contribution >= 0.6 is 0 Å². The fourth-order valence-electron chi connectivity index (χ4n) is 0. The van der Waals surface area contributed by atoms with Gasteiger partial charge in [-0.2, -0.15) is 0 Å². The van der Waals surface area contributed by atoms with E-state index in [0.29, 0.717) is 5.82 Å². The van der Waals surface area contributed by atoms with Gasteiger partial charge in [-0.3, -0.25) is 0 Å². The second kappa shape index (κ2) is 6.06. The summed E-state index contributed by atoms with van der Waals surface area (Å²) in [6.45, 7) is 4.07. The zero-order chi connectivity index (χ0) is 4.28. The third kappa shape index (κ3) is 8.91. The van der Waals surface area contributed by atoms with Crippen molar-refractivity contribution in [2.24, 2.45) is 0 Å². The average Bonchev–Trinajstić information content (AvgIpc) is 1.38. The van der Waals surface area contributed by atoms with Gasteiger partial charge in [0.2, 0.25) is 0 Å². The first-order chi connectivity index (χ1) is 2.27. The summed E-state index contributed by atoms with van der Waals surface area (Å²) in [4.78, 5) is 0. The maximum Gasteiger partial charge on any atom is 1.00 e. The molecule has 0 amide bonds. The van der Waals surface area contributed by atoms with Crippen LogP contribution in [-0.2, 0) is 0 Å². The molecule has 0 bridgehead atoms. The van der Waals surface area contributed by atoms with Gasteiger partial charge < -0.3 is 1.43 Å². The average molecular weight is 91.9 g/mol. The zero-order valence-corrected chi connectivity index (χ0v) is 6.86. The van der Waals surface area contributed by atoms with Gasteiger partial charge in [0.05, 0.1) is 7.85 Å². The summed E-state index contributed by atoms with van der Waals surface area (Å²) in [6, 6.07) is 0. The van der Waals surface area contributed by atoms with Crippen molar-refractivity contribution >= 4 is 7.85 Å². The molecule has 2 heteroatoms. The van der Waals surface area contributed by atoms with Gasteiger partial charge in [0.25, 0.3) is 0 Å². The minimum atomic E-state index is 0. The summed E-state index contributed by atoms with van der Waals surface area (Å²) >= 11 is 0. The third-order valence-electron chi connectivity index (χ3n) is 0.644. The predicted molar refractivity (Wildman–Crippen MR) is 26.6 cm³/mol. The van der Waals surface area contributed by atoms with Crippen LogP contribution < -0.4 is 29.6 Å². The van der Waals surface area contributed by atoms with Crippen LogP contribution in [0.15, 0.2) is 0 Å². The van der Waals surface area contributed by atoms with Crippen molar-refractivity contribution in [2.45, 2.75) is 26.1 Å². The molecule has 0 aromatic rings. The van der Waals surface area contributed by atoms with E-state index < -0.39 is 0 Å². The van der Waals surface area contributed by atoms with Crippen molar-refractivity contribution in [3.05, 3.63) is 0 Å². The first-order valence-electron chi connectivity index (χ1n) is 2.03. The standard InChI is InChI=1S/C4H9B.Na.H/c1-3-4(2)5;;/h4H,3H2,1-2H3;;/q;+1;-1. The second-order valence-electron chi connectivity index (χ2n) is 1.39. The van der Waals surface area contributed by atoms with E-state index in [9.17, 15) is 0 Å². The Morgan fingerprint density at radius 3 is 2.00 bits per heavy atom. The molecule has 0 aromatic carbocycles. The van der Waals surface area contributed by atoms with Crippen LogP contribution in [0, 0.1) is 0 Å². The number of hydrogen-bond donors (Lipinski definition) is 0. The quantitative estimate of drug-likeness (QED) is 0.345. The normalized spacial score (nSPS) is 12.3. The molecule has 0 aliphatic rings. The SMILES string of the molecule is [B]C(C)CC.[H-].[Na+]. The van der Waals surface area contributed by atoms with Gasteiger partial charge in [0.15, 0.2) is 0 Å². The molecule has 0 aromatic heterocycles. The first-order valence-corrected chi connectivity index (χ1v) is 2.03. The van der Waals surface area contributed by atoms with E-state index in [0.717, 1.165) is 6.42 Å². The van der Waals surface area contributed by atoms with Crippen LogP contribution in [0.1, 0.15) is 21.7 Å². The number of hydrogen-bond acceptors (Lipinski definition) is 0. The van der Waals surface area contributed by atoms with Crippen molar-refractivity contribution in [1.29, 1.82) is 0 Å². The van der Waals surface area contributed by atoms with Crippen molar-refractivity contribution in [3.63, 3.8) is 0 Å². The van der Waals surface area contributed by atoms with Gasteiger partial charge in [-0.05, 0) is 0 Å². The zero-order valence-electron chi connectivity index (χ0n) is 5.86. The molecule has 0 spiro atoms. The van der Waals surface area contributed by atoms with Crippen LogP contribution in [0.2, 0.25) is 5.82 Å². The molecule has 0 fully saturated rings. The predicted octanol–water partition coefficient (Wildman–Crippen LogP) is -1.51. The molecule has 1 unspecified atom stereocenters. The van der Waals surface area contributed by atoms with Gasteiger partial charge >= 0.3 is 29.6 Å². The van der Waals surface area contributed by atoms with Crippen molar-refractivity contribution in [3.8, 4) is 0 Å². The molecule has 0 rings (SSSR count). The Balaban J connectivity index is -0.0000000800. The van der Waals surface area contributed by atoms with E-state index in [4.69, 9.17) is 7.85 Å². The Bertz CT molecular complexity index is 25.7. The van der Waals surface area contributed by atoms with E-state index in [1.165, 1.54) is 0 Å². The molecule has 0 nitrogen and oxygen atoms in total. The van der Waals surface area contributed by atoms with Gasteiger partial charge in [-0.1, -0.05) is 26.1 Å². The number of rotatable bonds is 1. The Morgan fingerprint density at radius 2 is 2.00 bits per heavy atom. The molecule has 30 valence electrons. The second-order valence-corrected chi connectivity index (χ2v) is 1.39. The summed E-state index contributed by atoms with van der Waals surface area (Å²) in [6.07, 6.45) is 1.08. The molecular weight excluding hydrogens is 81.8 g/mol. The Hall–Kier alpha value is 1.06. The monoisotopic (exact) mass is 92.1 g/mol. The van der Waals surface area contributed by atoms with E-state index in [1.54, 1.807) is 0 Å². The Labute approximate surface area is 64.9 Å². The summed E-state index contributed by atoms with van der Waals surface area (Å²) in [5.74, 6) is 0.384. The summed E-state index contributed by atoms with van der Waals surface area (Å²) in [5.41, 5.74) is 0. The van der Waals surface area contributed by atoms with Gasteiger partial charge in [-0.15, -0.1) is 0 Å². The van der Waals surface area contributed by atoms with Crippen LogP contribution in [0.4, 0.5) is 0 Å². The van der Waals surface area contributed by atoms with E-state index in [2.05, 4.69) is 6.92 Å². The topological polar surface area (TPSA) is 0 Å². The molecule has 0 aliphatic heterocycles. The van der Waals surface area contributed by atoms with Crippen LogP contribution in [-0.4, -0.2) is 7.85 Å². The maximum atomic E-state index is 5.29. The van der Waals surface area contributed by atoms with Crippen molar-refractivity contribution in [1.82, 2.24) is 0 Å². The largest absolute Gasteiger partial charge is 1.00 e. The Kier molecular flexibility index (Phi) is 10.2. The molecule has 0 aliphatic carbocycles. The van der Waals surface area contributed by atoms with Gasteiger partial charge in [0, 0.05) is 0 Å².